The summed E-state index contributed by atoms with van der Waals surface area (Å²) in [6, 6.07) is 0. The van der Waals surface area contributed by atoms with Crippen LogP contribution in [0.1, 0.15) is 53.4 Å². The van der Waals surface area contributed by atoms with Crippen LogP contribution in [-0.2, 0) is 4.79 Å². The van der Waals surface area contributed by atoms with Crippen molar-refractivity contribution in [3.63, 3.8) is 0 Å². The minimum atomic E-state index is -1.81. The van der Waals surface area contributed by atoms with Gasteiger partial charge in [0.15, 0.2) is 0 Å². The van der Waals surface area contributed by atoms with Crippen LogP contribution >= 0.6 is 0 Å². The quantitative estimate of drug-likeness (QED) is 0.127. The van der Waals surface area contributed by atoms with E-state index in [1.807, 2.05) is 38.2 Å². The van der Waals surface area contributed by atoms with Crippen molar-refractivity contribution in [2.24, 2.45) is 0 Å². The van der Waals surface area contributed by atoms with Gasteiger partial charge < -0.3 is 30.6 Å². The predicted octanol–water partition coefficient (Wildman–Crippen LogP) is 4.08. The van der Waals surface area contributed by atoms with Crippen LogP contribution in [0.5, 0.6) is 0 Å². The van der Waals surface area contributed by atoms with Gasteiger partial charge in [-0.15, -0.1) is 0 Å². The van der Waals surface area contributed by atoms with Crippen LogP contribution in [0.15, 0.2) is 96.2 Å². The first-order chi connectivity index (χ1) is 17.4. The van der Waals surface area contributed by atoms with E-state index in [1.165, 1.54) is 13.0 Å². The Kier molecular flexibility index (Phi) is 17.9. The third kappa shape index (κ3) is 16.5. The van der Waals surface area contributed by atoms with Gasteiger partial charge in [0.2, 0.25) is 0 Å². The monoisotopic (exact) mass is 516 g/mol. The molecule has 0 aliphatic heterocycles. The number of hydrogen-bond donors (Lipinski definition) is 6. The molecular formula is C30H44O7. The van der Waals surface area contributed by atoms with E-state index in [1.54, 1.807) is 55.5 Å². The maximum atomic E-state index is 10.6. The SMILES string of the molecule is CC/C=C/C=C/C=C(\C)C(O)CC(O)C(C)(O)C(O)C/C=C/C=C/C=C(C)/C=C/C(O)C/C=C/C(=O)O. The smallest absolute Gasteiger partial charge is 0.327 e. The number of aliphatic hydroxyl groups is 5. The van der Waals surface area contributed by atoms with E-state index in [0.717, 1.165) is 18.1 Å². The third-order valence-corrected chi connectivity index (χ3v) is 5.57. The van der Waals surface area contributed by atoms with Crippen LogP contribution in [-0.4, -0.2) is 66.6 Å². The normalized spacial score (nSPS) is 19.1. The van der Waals surface area contributed by atoms with E-state index < -0.39 is 36.0 Å². The Hall–Kier alpha value is -2.81. The van der Waals surface area contributed by atoms with Crippen LogP contribution < -0.4 is 0 Å². The van der Waals surface area contributed by atoms with E-state index in [2.05, 4.69) is 0 Å². The van der Waals surface area contributed by atoms with Crippen LogP contribution in [0.2, 0.25) is 0 Å². The lowest BCUT2D eigenvalue weighted by molar-refractivity contribution is -0.140. The number of aliphatic carboxylic acids is 1. The topological polar surface area (TPSA) is 138 Å². The van der Waals surface area contributed by atoms with Crippen molar-refractivity contribution in [1.29, 1.82) is 0 Å². The molecule has 0 aliphatic rings. The Morgan fingerprint density at radius 3 is 2.05 bits per heavy atom. The number of hydrogen-bond acceptors (Lipinski definition) is 6. The summed E-state index contributed by atoms with van der Waals surface area (Å²) in [6.07, 6.45) is 20.5. The second-order valence-corrected chi connectivity index (χ2v) is 9.00. The van der Waals surface area contributed by atoms with Crippen LogP contribution in [0.25, 0.3) is 0 Å². The fourth-order valence-electron chi connectivity index (χ4n) is 2.96. The average Bonchev–Trinajstić information content (AvgIpc) is 2.83. The van der Waals surface area contributed by atoms with Crippen molar-refractivity contribution < 1.29 is 35.4 Å². The molecule has 0 saturated heterocycles. The lowest BCUT2D eigenvalue weighted by Crippen LogP contribution is -2.50. The molecule has 5 unspecified atom stereocenters. The zero-order valence-corrected chi connectivity index (χ0v) is 22.3. The van der Waals surface area contributed by atoms with Crippen molar-refractivity contribution in [3.8, 4) is 0 Å². The van der Waals surface area contributed by atoms with Gasteiger partial charge in [0, 0.05) is 12.5 Å². The summed E-state index contributed by atoms with van der Waals surface area (Å²) in [7, 11) is 0. The zero-order chi connectivity index (χ0) is 28.3. The molecule has 0 spiro atoms. The summed E-state index contributed by atoms with van der Waals surface area (Å²) in [5.74, 6) is -1.06. The molecule has 0 aromatic carbocycles. The highest BCUT2D eigenvalue weighted by Crippen LogP contribution is 2.23. The molecule has 0 aliphatic carbocycles. The Bertz CT molecular complexity index is 901. The molecule has 206 valence electrons. The lowest BCUT2D eigenvalue weighted by atomic mass is 9.86. The standard InChI is InChI=1S/C30H44O7/c1-5-6-7-8-12-16-24(3)26(32)22-28(34)30(4,37)27(33)18-13-10-9-11-15-23(2)20-21-25(31)17-14-19-29(35)36/h6-16,19-21,25-28,31-34,37H,5,17-18,22H2,1-4H3,(H,35,36)/b7-6+,11-9+,12-8+,13-10+,19-14+,21-20+,23-15+,24-16+. The number of rotatable bonds is 17. The van der Waals surface area contributed by atoms with Crippen molar-refractivity contribution in [3.05, 3.63) is 96.2 Å². The van der Waals surface area contributed by atoms with Crippen LogP contribution in [0.3, 0.4) is 0 Å². The van der Waals surface area contributed by atoms with Crippen molar-refractivity contribution in [2.75, 3.05) is 0 Å². The van der Waals surface area contributed by atoms with Gasteiger partial charge in [0.25, 0.3) is 0 Å². The van der Waals surface area contributed by atoms with Crippen molar-refractivity contribution in [2.45, 2.75) is 83.4 Å². The highest BCUT2D eigenvalue weighted by molar-refractivity contribution is 5.79. The molecule has 0 heterocycles. The van der Waals surface area contributed by atoms with E-state index in [4.69, 9.17) is 5.11 Å². The molecule has 0 saturated carbocycles. The molecule has 7 heteroatoms. The summed E-state index contributed by atoms with van der Waals surface area (Å²) in [6.45, 7) is 6.96. The molecule has 37 heavy (non-hydrogen) atoms. The van der Waals surface area contributed by atoms with E-state index in [-0.39, 0.29) is 19.3 Å². The van der Waals surface area contributed by atoms with Gasteiger partial charge in [0.1, 0.15) is 5.60 Å². The summed E-state index contributed by atoms with van der Waals surface area (Å²) < 4.78 is 0. The highest BCUT2D eigenvalue weighted by Gasteiger charge is 2.38. The largest absolute Gasteiger partial charge is 0.478 e. The Morgan fingerprint density at radius 2 is 1.43 bits per heavy atom. The molecule has 0 rings (SSSR count). The molecule has 6 N–H and O–H groups in total. The van der Waals surface area contributed by atoms with Gasteiger partial charge in [-0.25, -0.2) is 4.79 Å². The summed E-state index contributed by atoms with van der Waals surface area (Å²) in [4.78, 5) is 10.4. The summed E-state index contributed by atoms with van der Waals surface area (Å²) in [5, 5.41) is 60.1. The maximum Gasteiger partial charge on any atom is 0.327 e. The molecule has 0 aromatic heterocycles. The summed E-state index contributed by atoms with van der Waals surface area (Å²) >= 11 is 0. The first-order valence-electron chi connectivity index (χ1n) is 12.4. The van der Waals surface area contributed by atoms with Gasteiger partial charge in [-0.3, -0.25) is 0 Å². The first kappa shape index (κ1) is 34.2. The number of carbonyl (C=O) groups is 1. The van der Waals surface area contributed by atoms with E-state index >= 15 is 0 Å². The summed E-state index contributed by atoms with van der Waals surface area (Å²) in [5.41, 5.74) is -0.303. The van der Waals surface area contributed by atoms with E-state index in [9.17, 15) is 30.3 Å². The number of carboxylic acids is 1. The molecule has 0 aromatic rings. The highest BCUT2D eigenvalue weighted by atomic mass is 16.4. The van der Waals surface area contributed by atoms with Crippen molar-refractivity contribution >= 4 is 5.97 Å². The fraction of sp³-hybridized carbons (Fsp3) is 0.433. The minimum absolute atomic E-state index is 0.102. The molecule has 7 nitrogen and oxygen atoms in total. The van der Waals surface area contributed by atoms with Gasteiger partial charge in [0.05, 0.1) is 24.4 Å². The number of aliphatic hydroxyl groups excluding tert-OH is 4. The Morgan fingerprint density at radius 1 is 0.811 bits per heavy atom. The number of allylic oxidation sites excluding steroid dienone is 11. The second kappa shape index (κ2) is 19.3. The Balaban J connectivity index is 4.72. The third-order valence-electron chi connectivity index (χ3n) is 5.57. The molecule has 0 amide bonds. The second-order valence-electron chi connectivity index (χ2n) is 9.00. The average molecular weight is 517 g/mol. The molecule has 0 fully saturated rings. The molecular weight excluding hydrogens is 472 g/mol. The first-order valence-corrected chi connectivity index (χ1v) is 12.4. The van der Waals surface area contributed by atoms with Gasteiger partial charge in [-0.1, -0.05) is 91.5 Å². The van der Waals surface area contributed by atoms with Crippen LogP contribution in [0, 0.1) is 0 Å². The lowest BCUT2D eigenvalue weighted by Gasteiger charge is -2.34. The van der Waals surface area contributed by atoms with Crippen molar-refractivity contribution in [1.82, 2.24) is 0 Å². The van der Waals surface area contributed by atoms with Gasteiger partial charge >= 0.3 is 5.97 Å². The van der Waals surface area contributed by atoms with E-state index in [0.29, 0.717) is 5.57 Å². The molecule has 0 radical (unpaired) electrons. The molecule has 0 bridgehead atoms. The fourth-order valence-corrected chi connectivity index (χ4v) is 2.96. The Labute approximate surface area is 221 Å². The number of carboxylic acid groups (broad SMARTS) is 1. The molecule has 5 atom stereocenters. The van der Waals surface area contributed by atoms with Crippen LogP contribution in [0.4, 0.5) is 0 Å². The predicted molar refractivity (Wildman–Crippen MR) is 149 cm³/mol. The van der Waals surface area contributed by atoms with Gasteiger partial charge in [-0.05, 0) is 45.6 Å². The maximum absolute atomic E-state index is 10.6. The minimum Gasteiger partial charge on any atom is -0.478 e. The zero-order valence-electron chi connectivity index (χ0n) is 22.3. The van der Waals surface area contributed by atoms with Gasteiger partial charge in [-0.2, -0.15) is 0 Å².